The molecule has 4 aromatic rings. The van der Waals surface area contributed by atoms with E-state index in [1.165, 1.54) is 23.3 Å². The van der Waals surface area contributed by atoms with Crippen LogP contribution in [0.25, 0.3) is 5.76 Å². The molecular weight excluding hydrogens is 470 g/mol. The highest BCUT2D eigenvalue weighted by Gasteiger charge is 2.46. The number of phenolic OH excluding ortho intramolecular Hbond substituents is 1. The molecule has 0 aliphatic carbocycles. The zero-order chi connectivity index (χ0) is 25.9. The fraction of sp³-hybridized carbons (Fsp3) is 0.133. The van der Waals surface area contributed by atoms with Crippen molar-refractivity contribution in [3.8, 4) is 11.5 Å². The van der Waals surface area contributed by atoms with Crippen LogP contribution in [0.15, 0.2) is 101 Å². The van der Waals surface area contributed by atoms with Gasteiger partial charge in [0.15, 0.2) is 0 Å². The normalized spacial score (nSPS) is 16.8. The number of ether oxygens (including phenoxy) is 1. The second kappa shape index (κ2) is 10.1. The van der Waals surface area contributed by atoms with Gasteiger partial charge >= 0.3 is 0 Å². The highest BCUT2D eigenvalue weighted by Crippen LogP contribution is 2.40. The number of Topliss-reactive ketones (excluding diaryl/α,β-unsaturated/α-hetero) is 1. The first-order chi connectivity index (χ1) is 17.9. The van der Waals surface area contributed by atoms with Crippen molar-refractivity contribution in [2.24, 2.45) is 0 Å². The first kappa shape index (κ1) is 23.9. The fourth-order valence-corrected chi connectivity index (χ4v) is 4.45. The molecule has 1 saturated heterocycles. The predicted molar refractivity (Wildman–Crippen MR) is 137 cm³/mol. The van der Waals surface area contributed by atoms with Crippen LogP contribution in [0.4, 0.5) is 0 Å². The summed E-state index contributed by atoms with van der Waals surface area (Å²) in [5.74, 6) is -0.667. The molecule has 7 nitrogen and oxygen atoms in total. The molecule has 1 fully saturated rings. The average Bonchev–Trinajstić information content (AvgIpc) is 3.50. The summed E-state index contributed by atoms with van der Waals surface area (Å²) in [5.41, 5.74) is 3.10. The van der Waals surface area contributed by atoms with Gasteiger partial charge < -0.3 is 24.3 Å². The number of rotatable bonds is 7. The van der Waals surface area contributed by atoms with E-state index in [-0.39, 0.29) is 23.6 Å². The smallest absolute Gasteiger partial charge is 0.296 e. The number of nitrogens with zero attached hydrogens (tertiary/aromatic N) is 1. The number of amides is 1. The van der Waals surface area contributed by atoms with Crippen LogP contribution in [0.3, 0.4) is 0 Å². The van der Waals surface area contributed by atoms with Crippen molar-refractivity contribution in [1.29, 1.82) is 0 Å². The highest BCUT2D eigenvalue weighted by molar-refractivity contribution is 6.46. The Morgan fingerprint density at radius 2 is 1.73 bits per heavy atom. The van der Waals surface area contributed by atoms with Crippen molar-refractivity contribution in [3.63, 3.8) is 0 Å². The Bertz CT molecular complexity index is 1450. The molecule has 5 rings (SSSR count). The van der Waals surface area contributed by atoms with E-state index in [0.717, 1.165) is 11.1 Å². The van der Waals surface area contributed by atoms with Gasteiger partial charge in [0.2, 0.25) is 0 Å². The number of likely N-dealkylation sites (tertiary alicyclic amines) is 1. The lowest BCUT2D eigenvalue weighted by Crippen LogP contribution is -2.29. The lowest BCUT2D eigenvalue weighted by atomic mass is 9.95. The summed E-state index contributed by atoms with van der Waals surface area (Å²) in [5, 5.41) is 21.0. The van der Waals surface area contributed by atoms with E-state index in [9.17, 15) is 19.8 Å². The Morgan fingerprint density at radius 1 is 0.973 bits per heavy atom. The van der Waals surface area contributed by atoms with Crippen LogP contribution in [0.2, 0.25) is 0 Å². The van der Waals surface area contributed by atoms with Gasteiger partial charge in [0.1, 0.15) is 29.6 Å². The lowest BCUT2D eigenvalue weighted by molar-refractivity contribution is -0.140. The molecule has 0 unspecified atom stereocenters. The van der Waals surface area contributed by atoms with Gasteiger partial charge in [-0.25, -0.2) is 0 Å². The third-order valence-corrected chi connectivity index (χ3v) is 6.27. The van der Waals surface area contributed by atoms with Crippen molar-refractivity contribution in [2.45, 2.75) is 26.1 Å². The number of hydrogen-bond donors (Lipinski definition) is 2. The molecule has 0 saturated carbocycles. The molecule has 2 N–H and O–H groups in total. The second-order valence-corrected chi connectivity index (χ2v) is 8.90. The molecule has 1 aliphatic heterocycles. The maximum Gasteiger partial charge on any atom is 0.296 e. The zero-order valence-corrected chi connectivity index (χ0v) is 20.1. The molecular formula is C30H25NO6. The molecule has 2 heterocycles. The minimum atomic E-state index is -0.858. The molecule has 0 bridgehead atoms. The van der Waals surface area contributed by atoms with Crippen LogP contribution in [0, 0.1) is 6.92 Å². The zero-order valence-electron chi connectivity index (χ0n) is 20.1. The van der Waals surface area contributed by atoms with Crippen LogP contribution in [0.5, 0.6) is 11.5 Å². The molecule has 186 valence electrons. The molecule has 0 radical (unpaired) electrons. The van der Waals surface area contributed by atoms with Gasteiger partial charge in [-0.15, -0.1) is 0 Å². The number of carbonyl (C=O) groups excluding carboxylic acids is 2. The van der Waals surface area contributed by atoms with Gasteiger partial charge in [-0.3, -0.25) is 9.59 Å². The molecule has 1 aliphatic rings. The quantitative estimate of drug-likeness (QED) is 0.200. The Balaban J connectivity index is 1.46. The summed E-state index contributed by atoms with van der Waals surface area (Å²) in [6.07, 6.45) is 1.49. The van der Waals surface area contributed by atoms with Gasteiger partial charge in [-0.1, -0.05) is 42.0 Å². The van der Waals surface area contributed by atoms with Crippen molar-refractivity contribution in [1.82, 2.24) is 4.90 Å². The molecule has 37 heavy (non-hydrogen) atoms. The van der Waals surface area contributed by atoms with E-state index in [1.807, 2.05) is 31.2 Å². The van der Waals surface area contributed by atoms with Crippen molar-refractivity contribution in [2.75, 3.05) is 0 Å². The number of aliphatic hydroxyl groups is 1. The summed E-state index contributed by atoms with van der Waals surface area (Å²) in [6, 6.07) is 23.5. The monoisotopic (exact) mass is 495 g/mol. The van der Waals surface area contributed by atoms with Crippen LogP contribution in [-0.2, 0) is 22.7 Å². The van der Waals surface area contributed by atoms with Gasteiger partial charge in [0.05, 0.1) is 24.4 Å². The predicted octanol–water partition coefficient (Wildman–Crippen LogP) is 5.49. The maximum absolute atomic E-state index is 13.1. The van der Waals surface area contributed by atoms with Gasteiger partial charge in [-0.05, 0) is 66.6 Å². The Morgan fingerprint density at radius 3 is 2.41 bits per heavy atom. The molecule has 1 atom stereocenters. The maximum atomic E-state index is 13.1. The summed E-state index contributed by atoms with van der Waals surface area (Å²) in [6.45, 7) is 2.46. The molecule has 0 spiro atoms. The van der Waals surface area contributed by atoms with E-state index in [4.69, 9.17) is 9.15 Å². The van der Waals surface area contributed by atoms with Gasteiger partial charge in [-0.2, -0.15) is 0 Å². The first-order valence-electron chi connectivity index (χ1n) is 11.8. The fourth-order valence-electron chi connectivity index (χ4n) is 4.45. The number of phenols is 1. The van der Waals surface area contributed by atoms with Crippen molar-refractivity contribution < 1.29 is 29.0 Å². The number of aryl methyl sites for hydroxylation is 1. The molecule has 7 heteroatoms. The Hall–Kier alpha value is -4.78. The molecule has 1 aromatic heterocycles. The average molecular weight is 496 g/mol. The largest absolute Gasteiger partial charge is 0.508 e. The number of hydrogen-bond acceptors (Lipinski definition) is 6. The first-order valence-corrected chi connectivity index (χ1v) is 11.8. The third kappa shape index (κ3) is 4.97. The third-order valence-electron chi connectivity index (χ3n) is 6.27. The minimum Gasteiger partial charge on any atom is -0.508 e. The van der Waals surface area contributed by atoms with Crippen LogP contribution >= 0.6 is 0 Å². The topological polar surface area (TPSA) is 100 Å². The number of furan rings is 1. The SMILES string of the molecule is Cc1cccc(COc2ccc(C(O)=C3C(=O)C(=O)N(Cc4ccco4)[C@@H]3c3ccc(O)cc3)cc2)c1. The van der Waals surface area contributed by atoms with Crippen molar-refractivity contribution >= 4 is 17.4 Å². The van der Waals surface area contributed by atoms with Crippen LogP contribution in [-0.4, -0.2) is 26.8 Å². The number of carbonyl (C=O) groups is 2. The minimum absolute atomic E-state index is 0.0318. The molecule has 1 amide bonds. The van der Waals surface area contributed by atoms with E-state index < -0.39 is 17.7 Å². The lowest BCUT2D eigenvalue weighted by Gasteiger charge is -2.24. The van der Waals surface area contributed by atoms with E-state index >= 15 is 0 Å². The van der Waals surface area contributed by atoms with E-state index in [2.05, 4.69) is 0 Å². The van der Waals surface area contributed by atoms with Crippen LogP contribution < -0.4 is 4.74 Å². The van der Waals surface area contributed by atoms with E-state index in [0.29, 0.717) is 29.2 Å². The summed E-state index contributed by atoms with van der Waals surface area (Å²) >= 11 is 0. The van der Waals surface area contributed by atoms with Crippen molar-refractivity contribution in [3.05, 3.63) is 125 Å². The Labute approximate surface area is 213 Å². The van der Waals surface area contributed by atoms with Gasteiger partial charge in [0.25, 0.3) is 11.7 Å². The van der Waals surface area contributed by atoms with Crippen LogP contribution in [0.1, 0.15) is 34.1 Å². The van der Waals surface area contributed by atoms with Gasteiger partial charge in [0, 0.05) is 5.56 Å². The highest BCUT2D eigenvalue weighted by atomic mass is 16.5. The number of aromatic hydroxyl groups is 1. The number of benzene rings is 3. The summed E-state index contributed by atoms with van der Waals surface area (Å²) < 4.78 is 11.3. The second-order valence-electron chi connectivity index (χ2n) is 8.90. The standard InChI is InChI=1S/C30H25NO6/c1-19-4-2-5-20(16-19)18-37-24-13-9-22(10-14-24)28(33)26-27(21-7-11-23(32)12-8-21)31(30(35)29(26)34)17-25-6-3-15-36-25/h2-16,27,32-33H,17-18H2,1H3/t27-/m1/s1. The van der Waals surface area contributed by atoms with E-state index in [1.54, 1.807) is 48.5 Å². The number of ketones is 1. The Kier molecular flexibility index (Phi) is 6.51. The molecule has 3 aromatic carbocycles. The summed E-state index contributed by atoms with van der Waals surface area (Å²) in [7, 11) is 0. The number of aliphatic hydroxyl groups excluding tert-OH is 1. The summed E-state index contributed by atoms with van der Waals surface area (Å²) in [4.78, 5) is 27.6.